The second-order valence-electron chi connectivity index (χ2n) is 5.22. The zero-order chi connectivity index (χ0) is 16.3. The topological polar surface area (TPSA) is 139 Å². The average molecular weight is 333 g/mol. The van der Waals surface area contributed by atoms with Gasteiger partial charge in [-0.25, -0.2) is 5.09 Å². The standard InChI is InChI=1S/C13H20NO7P/c15-6-9-10(16)11(17)12(18)13(21-9)14-22(19,20)7-8-4-2-1-3-5-8/h1-5,9-13,15-18H,6-7H2,(H2,14,19,20)/t9-,10-,11+,12-,13-/m1/s1. The van der Waals surface area contributed by atoms with Gasteiger partial charge in [-0.05, 0) is 5.56 Å². The molecule has 1 heterocycles. The third kappa shape index (κ3) is 4.13. The van der Waals surface area contributed by atoms with Crippen molar-refractivity contribution in [2.24, 2.45) is 0 Å². The number of aliphatic hydroxyl groups is 4. The number of rotatable bonds is 5. The molecule has 9 heteroatoms. The Morgan fingerprint density at radius 3 is 2.32 bits per heavy atom. The van der Waals surface area contributed by atoms with Crippen LogP contribution in [0.15, 0.2) is 30.3 Å². The van der Waals surface area contributed by atoms with E-state index in [2.05, 4.69) is 5.09 Å². The molecule has 1 aromatic rings. The zero-order valence-electron chi connectivity index (χ0n) is 11.7. The van der Waals surface area contributed by atoms with Gasteiger partial charge in [0.05, 0.1) is 12.8 Å². The molecule has 1 saturated heterocycles. The Bertz CT molecular complexity index is 526. The lowest BCUT2D eigenvalue weighted by molar-refractivity contribution is -0.232. The lowest BCUT2D eigenvalue weighted by atomic mass is 9.99. The zero-order valence-corrected chi connectivity index (χ0v) is 12.6. The number of hydrogen-bond donors (Lipinski definition) is 6. The lowest BCUT2D eigenvalue weighted by Crippen LogP contribution is -2.61. The largest absolute Gasteiger partial charge is 0.394 e. The second kappa shape index (κ2) is 7.16. The predicted molar refractivity (Wildman–Crippen MR) is 76.9 cm³/mol. The van der Waals surface area contributed by atoms with E-state index >= 15 is 0 Å². The van der Waals surface area contributed by atoms with E-state index in [9.17, 15) is 24.8 Å². The van der Waals surface area contributed by atoms with Gasteiger partial charge in [0.25, 0.3) is 7.52 Å². The molecule has 1 aliphatic rings. The molecule has 8 nitrogen and oxygen atoms in total. The molecule has 124 valence electrons. The van der Waals surface area contributed by atoms with Crippen molar-refractivity contribution in [3.05, 3.63) is 35.9 Å². The minimum Gasteiger partial charge on any atom is -0.394 e. The van der Waals surface area contributed by atoms with Gasteiger partial charge in [0.1, 0.15) is 30.6 Å². The Labute approximate surface area is 127 Å². The van der Waals surface area contributed by atoms with Crippen molar-refractivity contribution in [1.82, 2.24) is 5.09 Å². The van der Waals surface area contributed by atoms with Crippen LogP contribution in [0.4, 0.5) is 0 Å². The fourth-order valence-electron chi connectivity index (χ4n) is 2.28. The first-order valence-corrected chi connectivity index (χ1v) is 8.62. The quantitative estimate of drug-likeness (QED) is 0.368. The summed E-state index contributed by atoms with van der Waals surface area (Å²) < 4.78 is 17.4. The molecule has 1 unspecified atom stereocenters. The van der Waals surface area contributed by atoms with E-state index in [4.69, 9.17) is 9.84 Å². The third-order valence-corrected chi connectivity index (χ3v) is 4.91. The summed E-state index contributed by atoms with van der Waals surface area (Å²) in [6.07, 6.45) is -7.41. The van der Waals surface area contributed by atoms with Crippen LogP contribution < -0.4 is 5.09 Å². The molecule has 0 amide bonds. The molecule has 0 aliphatic carbocycles. The van der Waals surface area contributed by atoms with E-state index in [0.717, 1.165) is 0 Å². The van der Waals surface area contributed by atoms with Crippen LogP contribution in [0, 0.1) is 0 Å². The maximum Gasteiger partial charge on any atom is 0.273 e. The van der Waals surface area contributed by atoms with Crippen molar-refractivity contribution < 1.29 is 34.6 Å². The van der Waals surface area contributed by atoms with Crippen LogP contribution in [0.25, 0.3) is 0 Å². The molecule has 0 aromatic heterocycles. The molecule has 22 heavy (non-hydrogen) atoms. The first-order valence-electron chi connectivity index (χ1n) is 6.78. The maximum atomic E-state index is 12.2. The first kappa shape index (κ1) is 17.5. The number of nitrogens with one attached hydrogen (secondary N) is 1. The number of aliphatic hydroxyl groups excluding tert-OH is 4. The fraction of sp³-hybridized carbons (Fsp3) is 0.538. The van der Waals surface area contributed by atoms with Gasteiger partial charge in [-0.15, -0.1) is 0 Å². The van der Waals surface area contributed by atoms with Gasteiger partial charge < -0.3 is 30.1 Å². The van der Waals surface area contributed by atoms with Crippen LogP contribution in [0.2, 0.25) is 0 Å². The lowest BCUT2D eigenvalue weighted by Gasteiger charge is -2.40. The highest BCUT2D eigenvalue weighted by Gasteiger charge is 2.45. The molecule has 1 aromatic carbocycles. The molecule has 1 aliphatic heterocycles. The van der Waals surface area contributed by atoms with Crippen LogP contribution in [-0.2, 0) is 15.5 Å². The van der Waals surface area contributed by atoms with Crippen molar-refractivity contribution in [3.63, 3.8) is 0 Å². The van der Waals surface area contributed by atoms with Gasteiger partial charge in [0.2, 0.25) is 0 Å². The Balaban J connectivity index is 2.06. The second-order valence-corrected chi connectivity index (χ2v) is 7.20. The van der Waals surface area contributed by atoms with Crippen molar-refractivity contribution in [3.8, 4) is 0 Å². The highest BCUT2D eigenvalue weighted by atomic mass is 31.2. The molecule has 0 radical (unpaired) electrons. The van der Waals surface area contributed by atoms with Crippen LogP contribution in [-0.4, -0.2) is 62.6 Å². The Hall–Kier alpha value is -0.830. The minimum atomic E-state index is -3.91. The van der Waals surface area contributed by atoms with Gasteiger partial charge in [-0.1, -0.05) is 30.3 Å². The van der Waals surface area contributed by atoms with Crippen molar-refractivity contribution in [2.75, 3.05) is 6.61 Å². The number of hydrogen-bond acceptors (Lipinski definition) is 6. The van der Waals surface area contributed by atoms with Gasteiger partial charge in [-0.3, -0.25) is 4.57 Å². The molecular weight excluding hydrogens is 313 g/mol. The minimum absolute atomic E-state index is 0.192. The highest BCUT2D eigenvalue weighted by molar-refractivity contribution is 7.55. The SMILES string of the molecule is O=P(O)(Cc1ccccc1)N[C@@H]1O[C@H](CO)[C@@H](O)[C@H](O)[C@H]1O. The highest BCUT2D eigenvalue weighted by Crippen LogP contribution is 2.41. The normalized spacial score (nSPS) is 35.0. The summed E-state index contributed by atoms with van der Waals surface area (Å²) in [5, 5.41) is 40.5. The van der Waals surface area contributed by atoms with Gasteiger partial charge >= 0.3 is 0 Å². The average Bonchev–Trinajstić information content (AvgIpc) is 2.48. The van der Waals surface area contributed by atoms with Crippen molar-refractivity contribution >= 4 is 7.52 Å². The summed E-state index contributed by atoms with van der Waals surface area (Å²) in [5.41, 5.74) is 0.616. The summed E-state index contributed by atoms with van der Waals surface area (Å²) in [4.78, 5) is 10.00. The summed E-state index contributed by atoms with van der Waals surface area (Å²) >= 11 is 0. The van der Waals surface area contributed by atoms with E-state index in [1.807, 2.05) is 0 Å². The summed E-state index contributed by atoms with van der Waals surface area (Å²) in [6, 6.07) is 8.58. The molecule has 0 saturated carbocycles. The van der Waals surface area contributed by atoms with E-state index in [1.165, 1.54) is 0 Å². The van der Waals surface area contributed by atoms with E-state index < -0.39 is 44.8 Å². The third-order valence-electron chi connectivity index (χ3n) is 3.46. The molecule has 0 spiro atoms. The van der Waals surface area contributed by atoms with Crippen LogP contribution in [0.3, 0.4) is 0 Å². The predicted octanol–water partition coefficient (Wildman–Crippen LogP) is -1.24. The molecule has 0 bridgehead atoms. The van der Waals surface area contributed by atoms with E-state index in [1.54, 1.807) is 30.3 Å². The molecule has 6 N–H and O–H groups in total. The molecule has 1 fully saturated rings. The van der Waals surface area contributed by atoms with Crippen LogP contribution >= 0.6 is 7.52 Å². The smallest absolute Gasteiger partial charge is 0.273 e. The maximum absolute atomic E-state index is 12.2. The van der Waals surface area contributed by atoms with Gasteiger partial charge in [0.15, 0.2) is 0 Å². The summed E-state index contributed by atoms with van der Waals surface area (Å²) in [5.74, 6) is 0. The Morgan fingerprint density at radius 1 is 1.09 bits per heavy atom. The van der Waals surface area contributed by atoms with E-state index in [0.29, 0.717) is 5.56 Å². The Morgan fingerprint density at radius 2 is 1.73 bits per heavy atom. The molecular formula is C13H20NO7P. The van der Waals surface area contributed by atoms with E-state index in [-0.39, 0.29) is 6.16 Å². The van der Waals surface area contributed by atoms with Crippen molar-refractivity contribution in [1.29, 1.82) is 0 Å². The summed E-state index contributed by atoms with van der Waals surface area (Å²) in [6.45, 7) is -0.600. The fourth-order valence-corrected chi connectivity index (χ4v) is 3.69. The number of benzene rings is 1. The van der Waals surface area contributed by atoms with Crippen LogP contribution in [0.5, 0.6) is 0 Å². The van der Waals surface area contributed by atoms with Gasteiger partial charge in [0, 0.05) is 0 Å². The Kier molecular flexibility index (Phi) is 5.70. The molecule has 2 rings (SSSR count). The first-order chi connectivity index (χ1) is 10.3. The molecule has 6 atom stereocenters. The van der Waals surface area contributed by atoms with Gasteiger partial charge in [-0.2, -0.15) is 0 Å². The van der Waals surface area contributed by atoms with Crippen molar-refractivity contribution in [2.45, 2.75) is 36.8 Å². The summed E-state index contributed by atoms with van der Waals surface area (Å²) in [7, 11) is -3.91. The monoisotopic (exact) mass is 333 g/mol. The number of ether oxygens (including phenoxy) is 1. The van der Waals surface area contributed by atoms with Crippen LogP contribution in [0.1, 0.15) is 5.56 Å².